The number of amides is 2. The van der Waals surface area contributed by atoms with E-state index in [2.05, 4.69) is 22.8 Å². The van der Waals surface area contributed by atoms with E-state index in [0.717, 1.165) is 12.0 Å². The summed E-state index contributed by atoms with van der Waals surface area (Å²) in [7, 11) is 0. The van der Waals surface area contributed by atoms with E-state index in [-0.39, 0.29) is 11.8 Å². The van der Waals surface area contributed by atoms with Crippen LogP contribution in [0.5, 0.6) is 5.75 Å². The van der Waals surface area contributed by atoms with Crippen LogP contribution >= 0.6 is 0 Å². The largest absolute Gasteiger partial charge is 0.493 e. The highest BCUT2D eigenvalue weighted by molar-refractivity contribution is 6.05. The molecule has 0 unspecified atom stereocenters. The monoisotopic (exact) mass is 450 g/mol. The molecular weight excluding hydrogens is 424 g/mol. The summed E-state index contributed by atoms with van der Waals surface area (Å²) in [6, 6.07) is 33.8. The Hall–Kier alpha value is -4.38. The summed E-state index contributed by atoms with van der Waals surface area (Å²) in [4.78, 5) is 25.2. The lowest BCUT2D eigenvalue weighted by atomic mass is 10.1. The molecule has 0 heterocycles. The van der Waals surface area contributed by atoms with Gasteiger partial charge in [-0.15, -0.1) is 0 Å². The number of carbonyl (C=O) groups excluding carboxylic acids is 2. The van der Waals surface area contributed by atoms with Gasteiger partial charge in [0.15, 0.2) is 0 Å². The Bertz CT molecular complexity index is 1220. The molecule has 0 fully saturated rings. The molecule has 4 aromatic carbocycles. The molecule has 0 aromatic heterocycles. The average molecular weight is 451 g/mol. The van der Waals surface area contributed by atoms with E-state index in [4.69, 9.17) is 4.74 Å². The third-order valence-electron chi connectivity index (χ3n) is 5.30. The van der Waals surface area contributed by atoms with Crippen LogP contribution in [-0.4, -0.2) is 18.4 Å². The average Bonchev–Trinajstić information content (AvgIpc) is 2.89. The van der Waals surface area contributed by atoms with Crippen molar-refractivity contribution in [3.05, 3.63) is 131 Å². The standard InChI is InChI=1S/C29H26N2O3/c32-28(30-21-23-10-5-2-6-11-23)25-12-7-13-26(20-25)31-29(33)24-14-16-27(17-15-24)34-19-18-22-8-3-1-4-9-22/h1-17,20H,18-19,21H2,(H,30,32)(H,31,33). The lowest BCUT2D eigenvalue weighted by molar-refractivity contribution is 0.0949. The van der Waals surface area contributed by atoms with Crippen LogP contribution in [0.2, 0.25) is 0 Å². The van der Waals surface area contributed by atoms with Crippen LogP contribution in [0.25, 0.3) is 0 Å². The normalized spacial score (nSPS) is 10.4. The first kappa shape index (κ1) is 22.8. The van der Waals surface area contributed by atoms with Crippen molar-refractivity contribution in [2.75, 3.05) is 11.9 Å². The number of hydrogen-bond donors (Lipinski definition) is 2. The van der Waals surface area contributed by atoms with Gasteiger partial charge in [0.05, 0.1) is 6.61 Å². The van der Waals surface area contributed by atoms with Crippen LogP contribution in [-0.2, 0) is 13.0 Å². The molecule has 0 saturated carbocycles. The Kier molecular flexibility index (Phi) is 7.70. The van der Waals surface area contributed by atoms with Crippen LogP contribution in [0.1, 0.15) is 31.8 Å². The van der Waals surface area contributed by atoms with E-state index in [1.807, 2.05) is 48.5 Å². The molecule has 5 nitrogen and oxygen atoms in total. The number of hydrogen-bond acceptors (Lipinski definition) is 3. The quantitative estimate of drug-likeness (QED) is 0.354. The highest BCUT2D eigenvalue weighted by Crippen LogP contribution is 2.16. The molecule has 0 aliphatic heterocycles. The number of nitrogens with one attached hydrogen (secondary N) is 2. The lowest BCUT2D eigenvalue weighted by Crippen LogP contribution is -2.23. The van der Waals surface area contributed by atoms with Crippen molar-refractivity contribution in [2.45, 2.75) is 13.0 Å². The molecule has 0 spiro atoms. The number of benzene rings is 4. The minimum Gasteiger partial charge on any atom is -0.493 e. The Morgan fingerprint density at radius 1 is 0.647 bits per heavy atom. The Balaban J connectivity index is 1.29. The highest BCUT2D eigenvalue weighted by atomic mass is 16.5. The van der Waals surface area contributed by atoms with E-state index < -0.39 is 0 Å². The molecule has 0 saturated heterocycles. The van der Waals surface area contributed by atoms with Gasteiger partial charge in [-0.2, -0.15) is 0 Å². The fraction of sp³-hybridized carbons (Fsp3) is 0.103. The van der Waals surface area contributed by atoms with Crippen molar-refractivity contribution in [2.24, 2.45) is 0 Å². The SMILES string of the molecule is O=C(NCc1ccccc1)c1cccc(NC(=O)c2ccc(OCCc3ccccc3)cc2)c1. The first-order valence-electron chi connectivity index (χ1n) is 11.2. The molecule has 4 rings (SSSR count). The van der Waals surface area contributed by atoms with Crippen molar-refractivity contribution in [3.63, 3.8) is 0 Å². The van der Waals surface area contributed by atoms with E-state index in [1.165, 1.54) is 5.56 Å². The number of rotatable bonds is 9. The van der Waals surface area contributed by atoms with Crippen LogP contribution in [0.4, 0.5) is 5.69 Å². The molecule has 34 heavy (non-hydrogen) atoms. The summed E-state index contributed by atoms with van der Waals surface area (Å²) in [5.41, 5.74) is 3.79. The summed E-state index contributed by atoms with van der Waals surface area (Å²) < 4.78 is 5.78. The van der Waals surface area contributed by atoms with Gasteiger partial charge in [-0.1, -0.05) is 66.7 Å². The molecule has 0 bridgehead atoms. The predicted molar refractivity (Wildman–Crippen MR) is 134 cm³/mol. The van der Waals surface area contributed by atoms with Crippen molar-refractivity contribution < 1.29 is 14.3 Å². The van der Waals surface area contributed by atoms with Crippen molar-refractivity contribution in [3.8, 4) is 5.75 Å². The van der Waals surface area contributed by atoms with Gasteiger partial charge < -0.3 is 15.4 Å². The molecule has 4 aromatic rings. The minimum atomic E-state index is -0.252. The summed E-state index contributed by atoms with van der Waals surface area (Å²) >= 11 is 0. The lowest BCUT2D eigenvalue weighted by Gasteiger charge is -2.10. The maximum Gasteiger partial charge on any atom is 0.255 e. The first-order valence-corrected chi connectivity index (χ1v) is 11.2. The molecule has 2 amide bonds. The topological polar surface area (TPSA) is 67.4 Å². The predicted octanol–water partition coefficient (Wildman–Crippen LogP) is 5.49. The Labute approximate surface area is 199 Å². The second-order valence-corrected chi connectivity index (χ2v) is 7.81. The van der Waals surface area contributed by atoms with Crippen molar-refractivity contribution in [1.29, 1.82) is 0 Å². The fourth-order valence-corrected chi connectivity index (χ4v) is 3.46. The molecule has 0 radical (unpaired) electrons. The molecule has 0 aliphatic rings. The second kappa shape index (κ2) is 11.5. The summed E-state index contributed by atoms with van der Waals surface area (Å²) in [5.74, 6) is 0.263. The second-order valence-electron chi connectivity index (χ2n) is 7.81. The van der Waals surface area contributed by atoms with Crippen LogP contribution in [0.3, 0.4) is 0 Å². The number of carbonyl (C=O) groups is 2. The zero-order valence-electron chi connectivity index (χ0n) is 18.7. The number of ether oxygens (including phenoxy) is 1. The third kappa shape index (κ3) is 6.56. The van der Waals surface area contributed by atoms with Gasteiger partial charge in [0.1, 0.15) is 5.75 Å². The van der Waals surface area contributed by atoms with E-state index in [1.54, 1.807) is 48.5 Å². The highest BCUT2D eigenvalue weighted by Gasteiger charge is 2.10. The van der Waals surface area contributed by atoms with Gasteiger partial charge >= 0.3 is 0 Å². The van der Waals surface area contributed by atoms with E-state index in [0.29, 0.717) is 35.7 Å². The molecule has 170 valence electrons. The van der Waals surface area contributed by atoms with Gasteiger partial charge in [0.2, 0.25) is 0 Å². The minimum absolute atomic E-state index is 0.197. The Morgan fingerprint density at radius 2 is 1.32 bits per heavy atom. The van der Waals surface area contributed by atoms with Gasteiger partial charge in [-0.25, -0.2) is 0 Å². The van der Waals surface area contributed by atoms with Gasteiger partial charge in [-0.3, -0.25) is 9.59 Å². The smallest absolute Gasteiger partial charge is 0.255 e. The zero-order chi connectivity index (χ0) is 23.6. The van der Waals surface area contributed by atoms with Gasteiger partial charge in [0.25, 0.3) is 11.8 Å². The van der Waals surface area contributed by atoms with E-state index in [9.17, 15) is 9.59 Å². The van der Waals surface area contributed by atoms with Crippen LogP contribution in [0.15, 0.2) is 109 Å². The maximum absolute atomic E-state index is 12.7. The van der Waals surface area contributed by atoms with Crippen LogP contribution < -0.4 is 15.4 Å². The van der Waals surface area contributed by atoms with E-state index >= 15 is 0 Å². The van der Waals surface area contributed by atoms with Crippen LogP contribution in [0, 0.1) is 0 Å². The first-order chi connectivity index (χ1) is 16.7. The Morgan fingerprint density at radius 3 is 2.03 bits per heavy atom. The molecule has 2 N–H and O–H groups in total. The fourth-order valence-electron chi connectivity index (χ4n) is 3.46. The molecular formula is C29H26N2O3. The summed E-state index contributed by atoms with van der Waals surface area (Å²) in [6.07, 6.45) is 0.818. The van der Waals surface area contributed by atoms with Crippen molar-refractivity contribution >= 4 is 17.5 Å². The number of anilines is 1. The van der Waals surface area contributed by atoms with Gasteiger partial charge in [-0.05, 0) is 53.6 Å². The zero-order valence-corrected chi connectivity index (χ0v) is 18.7. The van der Waals surface area contributed by atoms with Gasteiger partial charge in [0, 0.05) is 29.8 Å². The van der Waals surface area contributed by atoms with Crippen molar-refractivity contribution in [1.82, 2.24) is 5.32 Å². The molecule has 5 heteroatoms. The summed E-state index contributed by atoms with van der Waals surface area (Å²) in [6.45, 7) is 1.00. The maximum atomic E-state index is 12.7. The molecule has 0 atom stereocenters. The molecule has 0 aliphatic carbocycles. The third-order valence-corrected chi connectivity index (χ3v) is 5.30. The summed E-state index contributed by atoms with van der Waals surface area (Å²) in [5, 5.41) is 5.75.